The summed E-state index contributed by atoms with van der Waals surface area (Å²) in [4.78, 5) is 27.9. The molecule has 0 unspecified atom stereocenters. The molecule has 0 saturated heterocycles. The normalized spacial score (nSPS) is 11.1. The van der Waals surface area contributed by atoms with Crippen LogP contribution < -0.4 is 5.56 Å². The summed E-state index contributed by atoms with van der Waals surface area (Å²) in [7, 11) is 0. The summed E-state index contributed by atoms with van der Waals surface area (Å²) in [6.45, 7) is 7.30. The molecule has 1 N–H and O–H groups in total. The molecule has 2 aromatic heterocycles. The molecule has 106 valence electrons. The smallest absolute Gasteiger partial charge is 0.337 e. The highest BCUT2D eigenvalue weighted by Crippen LogP contribution is 2.22. The molecule has 0 fully saturated rings. The highest BCUT2D eigenvalue weighted by Gasteiger charge is 2.18. The minimum Gasteiger partial charge on any atom is -0.478 e. The average Bonchev–Trinajstić information content (AvgIpc) is 2.76. The summed E-state index contributed by atoms with van der Waals surface area (Å²) in [5, 5.41) is 11.7. The minimum atomic E-state index is -1.03. The summed E-state index contributed by atoms with van der Waals surface area (Å²) < 4.78 is 1.37. The van der Waals surface area contributed by atoms with Gasteiger partial charge in [0, 0.05) is 17.1 Å². The summed E-state index contributed by atoms with van der Waals surface area (Å²) in [6, 6.07) is 1.34. The van der Waals surface area contributed by atoms with Crippen molar-refractivity contribution < 1.29 is 9.90 Å². The molecule has 0 spiro atoms. The first kappa shape index (κ1) is 14.5. The Morgan fingerprint density at radius 2 is 2.05 bits per heavy atom. The highest BCUT2D eigenvalue weighted by molar-refractivity contribution is 7.12. The third kappa shape index (κ3) is 2.38. The molecule has 0 aliphatic carbocycles. The van der Waals surface area contributed by atoms with Crippen LogP contribution in [0.2, 0.25) is 0 Å². The molecule has 2 rings (SSSR count). The third-order valence-electron chi connectivity index (χ3n) is 3.16. The fourth-order valence-electron chi connectivity index (χ4n) is 2.09. The molecule has 0 saturated carbocycles. The van der Waals surface area contributed by atoms with Crippen LogP contribution in [-0.2, 0) is 0 Å². The van der Waals surface area contributed by atoms with Gasteiger partial charge >= 0.3 is 5.97 Å². The van der Waals surface area contributed by atoms with Crippen LogP contribution >= 0.6 is 11.3 Å². The van der Waals surface area contributed by atoms with Crippen molar-refractivity contribution in [1.29, 1.82) is 0 Å². The molecular formula is C14H16N2O3S. The van der Waals surface area contributed by atoms with E-state index in [1.807, 2.05) is 19.2 Å². The Hall–Kier alpha value is -1.95. The number of aryl methyl sites for hydroxylation is 1. The lowest BCUT2D eigenvalue weighted by Gasteiger charge is -2.11. The zero-order valence-corrected chi connectivity index (χ0v) is 12.6. The van der Waals surface area contributed by atoms with Gasteiger partial charge in [0.05, 0.1) is 11.3 Å². The van der Waals surface area contributed by atoms with Crippen molar-refractivity contribution in [2.45, 2.75) is 33.6 Å². The van der Waals surface area contributed by atoms with Gasteiger partial charge in [0.15, 0.2) is 5.13 Å². The topological polar surface area (TPSA) is 72.2 Å². The Balaban J connectivity index is 2.70. The van der Waals surface area contributed by atoms with Crippen molar-refractivity contribution in [3.8, 4) is 5.13 Å². The van der Waals surface area contributed by atoms with Gasteiger partial charge in [0.2, 0.25) is 0 Å². The molecular weight excluding hydrogens is 276 g/mol. The van der Waals surface area contributed by atoms with Crippen LogP contribution in [0.5, 0.6) is 0 Å². The van der Waals surface area contributed by atoms with Gasteiger partial charge in [-0.15, -0.1) is 11.3 Å². The van der Waals surface area contributed by atoms with Crippen LogP contribution in [-0.4, -0.2) is 20.6 Å². The Kier molecular flexibility index (Phi) is 3.76. The second kappa shape index (κ2) is 5.20. The number of pyridine rings is 1. The van der Waals surface area contributed by atoms with Crippen LogP contribution in [0.3, 0.4) is 0 Å². The summed E-state index contributed by atoms with van der Waals surface area (Å²) in [5.41, 5.74) is 1.68. The van der Waals surface area contributed by atoms with Crippen molar-refractivity contribution in [3.05, 3.63) is 44.3 Å². The van der Waals surface area contributed by atoms with Crippen LogP contribution in [0, 0.1) is 13.8 Å². The summed E-state index contributed by atoms with van der Waals surface area (Å²) >= 11 is 1.34. The molecule has 0 aromatic carbocycles. The number of aromatic nitrogens is 2. The van der Waals surface area contributed by atoms with Gasteiger partial charge in [-0.2, -0.15) is 0 Å². The fourth-order valence-corrected chi connectivity index (χ4v) is 3.13. The monoisotopic (exact) mass is 292 g/mol. The van der Waals surface area contributed by atoms with E-state index >= 15 is 0 Å². The van der Waals surface area contributed by atoms with Crippen LogP contribution in [0.15, 0.2) is 16.2 Å². The maximum atomic E-state index is 12.2. The number of carboxylic acid groups (broad SMARTS) is 1. The quantitative estimate of drug-likeness (QED) is 0.944. The maximum absolute atomic E-state index is 12.2. The number of carbonyl (C=O) groups is 1. The largest absolute Gasteiger partial charge is 0.478 e. The van der Waals surface area contributed by atoms with Crippen LogP contribution in [0.1, 0.15) is 47.1 Å². The first-order chi connectivity index (χ1) is 9.32. The SMILES string of the molecule is Cc1cc(=O)n(-c2nc(C(C)C)cs2)c(C)c1C(=O)O. The predicted octanol–water partition coefficient (Wildman–Crippen LogP) is 2.73. The Morgan fingerprint density at radius 1 is 1.40 bits per heavy atom. The molecule has 0 atom stereocenters. The van der Waals surface area contributed by atoms with Gasteiger partial charge in [-0.05, 0) is 25.3 Å². The summed E-state index contributed by atoms with van der Waals surface area (Å²) in [5.74, 6) is -0.769. The van der Waals surface area contributed by atoms with E-state index in [0.29, 0.717) is 16.4 Å². The lowest BCUT2D eigenvalue weighted by atomic mass is 10.1. The molecule has 20 heavy (non-hydrogen) atoms. The van der Waals surface area contributed by atoms with Gasteiger partial charge in [0.25, 0.3) is 5.56 Å². The highest BCUT2D eigenvalue weighted by atomic mass is 32.1. The van der Waals surface area contributed by atoms with Crippen molar-refractivity contribution in [1.82, 2.24) is 9.55 Å². The van der Waals surface area contributed by atoms with E-state index in [0.717, 1.165) is 5.69 Å². The summed E-state index contributed by atoms with van der Waals surface area (Å²) in [6.07, 6.45) is 0. The molecule has 0 amide bonds. The predicted molar refractivity (Wildman–Crippen MR) is 78.2 cm³/mol. The number of aromatic carboxylic acids is 1. The zero-order valence-electron chi connectivity index (χ0n) is 11.8. The van der Waals surface area contributed by atoms with Gasteiger partial charge in [0.1, 0.15) is 0 Å². The second-order valence-electron chi connectivity index (χ2n) is 4.98. The van der Waals surface area contributed by atoms with E-state index in [1.54, 1.807) is 13.8 Å². The minimum absolute atomic E-state index is 0.158. The third-order valence-corrected chi connectivity index (χ3v) is 4.00. The molecule has 2 aromatic rings. The number of nitrogens with zero attached hydrogens (tertiary/aromatic N) is 2. The standard InChI is InChI=1S/C14H16N2O3S/c1-7(2)10-6-20-14(15-10)16-9(4)12(13(18)19)8(3)5-11(16)17/h5-7H,1-4H3,(H,18,19). The Morgan fingerprint density at radius 3 is 2.55 bits per heavy atom. The molecule has 0 aliphatic heterocycles. The molecule has 0 bridgehead atoms. The van der Waals surface area contributed by atoms with Crippen LogP contribution in [0.4, 0.5) is 0 Å². The zero-order chi connectivity index (χ0) is 15.0. The Bertz CT molecular complexity index is 729. The van der Waals surface area contributed by atoms with E-state index in [4.69, 9.17) is 0 Å². The van der Waals surface area contributed by atoms with Crippen molar-refractivity contribution >= 4 is 17.3 Å². The van der Waals surface area contributed by atoms with Crippen molar-refractivity contribution in [2.75, 3.05) is 0 Å². The van der Waals surface area contributed by atoms with Crippen LogP contribution in [0.25, 0.3) is 5.13 Å². The molecule has 2 heterocycles. The molecule has 0 radical (unpaired) electrons. The first-order valence-electron chi connectivity index (χ1n) is 6.25. The number of thiazole rings is 1. The van der Waals surface area contributed by atoms with E-state index < -0.39 is 5.97 Å². The average molecular weight is 292 g/mol. The lowest BCUT2D eigenvalue weighted by Crippen LogP contribution is -2.24. The number of rotatable bonds is 3. The van der Waals surface area contributed by atoms with E-state index in [2.05, 4.69) is 4.98 Å². The van der Waals surface area contributed by atoms with Gasteiger partial charge < -0.3 is 5.11 Å². The fraction of sp³-hybridized carbons (Fsp3) is 0.357. The lowest BCUT2D eigenvalue weighted by molar-refractivity contribution is 0.0694. The van der Waals surface area contributed by atoms with E-state index in [1.165, 1.54) is 22.0 Å². The second-order valence-corrected chi connectivity index (χ2v) is 5.81. The van der Waals surface area contributed by atoms with Gasteiger partial charge in [-0.3, -0.25) is 9.36 Å². The van der Waals surface area contributed by atoms with E-state index in [-0.39, 0.29) is 17.0 Å². The number of hydrogen-bond donors (Lipinski definition) is 1. The van der Waals surface area contributed by atoms with Crippen molar-refractivity contribution in [2.24, 2.45) is 0 Å². The Labute approximate surface area is 120 Å². The van der Waals surface area contributed by atoms with Crippen molar-refractivity contribution in [3.63, 3.8) is 0 Å². The molecule has 6 heteroatoms. The van der Waals surface area contributed by atoms with Gasteiger partial charge in [-0.1, -0.05) is 13.8 Å². The number of hydrogen-bond acceptors (Lipinski definition) is 4. The molecule has 5 nitrogen and oxygen atoms in total. The maximum Gasteiger partial charge on any atom is 0.337 e. The van der Waals surface area contributed by atoms with E-state index in [9.17, 15) is 14.7 Å². The number of carboxylic acids is 1. The van der Waals surface area contributed by atoms with Gasteiger partial charge in [-0.25, -0.2) is 9.78 Å². The molecule has 0 aliphatic rings. The first-order valence-corrected chi connectivity index (χ1v) is 7.13.